The Labute approximate surface area is 126 Å². The van der Waals surface area contributed by atoms with Crippen molar-refractivity contribution in [1.82, 2.24) is 4.90 Å². The van der Waals surface area contributed by atoms with Crippen LogP contribution in [0.5, 0.6) is 0 Å². The Morgan fingerprint density at radius 3 is 2.75 bits per heavy atom. The molecule has 0 aliphatic heterocycles. The van der Waals surface area contributed by atoms with Crippen molar-refractivity contribution in [3.63, 3.8) is 0 Å². The van der Waals surface area contributed by atoms with Crippen LogP contribution in [0.2, 0.25) is 0 Å². The lowest BCUT2D eigenvalue weighted by atomic mass is 10.1. The summed E-state index contributed by atoms with van der Waals surface area (Å²) in [4.78, 5) is 3.67. The number of ether oxygens (including phenoxy) is 1. The van der Waals surface area contributed by atoms with E-state index < -0.39 is 6.10 Å². The topological polar surface area (TPSA) is 32.7 Å². The van der Waals surface area contributed by atoms with Gasteiger partial charge in [0.25, 0.3) is 0 Å². The highest BCUT2D eigenvalue weighted by Crippen LogP contribution is 2.25. The van der Waals surface area contributed by atoms with Crippen LogP contribution in [0.15, 0.2) is 17.5 Å². The fourth-order valence-electron chi connectivity index (χ4n) is 3.00. The van der Waals surface area contributed by atoms with E-state index in [9.17, 15) is 5.11 Å². The Balaban J connectivity index is 1.71. The number of hydrogen-bond donors (Lipinski definition) is 1. The largest absolute Gasteiger partial charge is 0.389 e. The van der Waals surface area contributed by atoms with Crippen molar-refractivity contribution in [2.45, 2.75) is 64.3 Å². The number of aliphatic hydroxyl groups excluding tert-OH is 1. The highest BCUT2D eigenvalue weighted by molar-refractivity contribution is 7.09. The van der Waals surface area contributed by atoms with E-state index in [0.29, 0.717) is 25.3 Å². The van der Waals surface area contributed by atoms with Gasteiger partial charge in [-0.15, -0.1) is 11.3 Å². The summed E-state index contributed by atoms with van der Waals surface area (Å²) in [6.07, 6.45) is 4.83. The molecule has 1 heterocycles. The van der Waals surface area contributed by atoms with Gasteiger partial charge in [0.2, 0.25) is 0 Å². The number of hydrogen-bond acceptors (Lipinski definition) is 4. The van der Waals surface area contributed by atoms with Crippen LogP contribution < -0.4 is 0 Å². The van der Waals surface area contributed by atoms with Gasteiger partial charge in [-0.05, 0) is 38.1 Å². The Morgan fingerprint density at radius 2 is 2.15 bits per heavy atom. The summed E-state index contributed by atoms with van der Waals surface area (Å²) in [5, 5.41) is 12.2. The number of rotatable bonds is 8. The second-order valence-corrected chi connectivity index (χ2v) is 7.01. The second-order valence-electron chi connectivity index (χ2n) is 5.98. The van der Waals surface area contributed by atoms with Gasteiger partial charge in [0, 0.05) is 23.5 Å². The van der Waals surface area contributed by atoms with Crippen molar-refractivity contribution in [2.75, 3.05) is 13.2 Å². The predicted molar refractivity (Wildman–Crippen MR) is 84.1 cm³/mol. The van der Waals surface area contributed by atoms with Crippen LogP contribution in [0.4, 0.5) is 0 Å². The van der Waals surface area contributed by atoms with Crippen molar-refractivity contribution in [3.8, 4) is 0 Å². The summed E-state index contributed by atoms with van der Waals surface area (Å²) in [6.45, 7) is 6.20. The smallest absolute Gasteiger partial charge is 0.0900 e. The normalized spacial score (nSPS) is 18.2. The van der Waals surface area contributed by atoms with Crippen molar-refractivity contribution in [1.29, 1.82) is 0 Å². The van der Waals surface area contributed by atoms with Crippen LogP contribution in [-0.4, -0.2) is 41.3 Å². The Hall–Kier alpha value is -0.420. The molecular weight excluding hydrogens is 270 g/mol. The molecule has 0 amide bonds. The zero-order chi connectivity index (χ0) is 14.4. The van der Waals surface area contributed by atoms with E-state index in [0.717, 1.165) is 6.54 Å². The number of nitrogens with zero attached hydrogens (tertiary/aromatic N) is 1. The minimum atomic E-state index is -0.391. The molecule has 1 unspecified atom stereocenters. The van der Waals surface area contributed by atoms with Crippen molar-refractivity contribution in [2.24, 2.45) is 0 Å². The highest BCUT2D eigenvalue weighted by Gasteiger charge is 2.26. The number of aliphatic hydroxyl groups is 1. The van der Waals surface area contributed by atoms with Gasteiger partial charge in [-0.2, -0.15) is 0 Å². The third-order valence-corrected chi connectivity index (χ3v) is 4.86. The molecule has 1 saturated carbocycles. The summed E-state index contributed by atoms with van der Waals surface area (Å²) >= 11 is 1.70. The fourth-order valence-corrected chi connectivity index (χ4v) is 3.64. The lowest BCUT2D eigenvalue weighted by Gasteiger charge is -2.34. The van der Waals surface area contributed by atoms with E-state index in [-0.39, 0.29) is 0 Å². The van der Waals surface area contributed by atoms with Gasteiger partial charge in [-0.3, -0.25) is 4.90 Å². The zero-order valence-corrected chi connectivity index (χ0v) is 13.4. The Morgan fingerprint density at radius 1 is 1.40 bits per heavy atom. The molecule has 0 saturated heterocycles. The van der Waals surface area contributed by atoms with E-state index in [1.54, 1.807) is 11.3 Å². The van der Waals surface area contributed by atoms with Gasteiger partial charge in [-0.1, -0.05) is 18.9 Å². The molecule has 1 aliphatic carbocycles. The van der Waals surface area contributed by atoms with Gasteiger partial charge < -0.3 is 9.84 Å². The molecule has 0 aromatic carbocycles. The SMILES string of the molecule is CC(C)N(CC(O)COCc1cccs1)C1CCCC1. The fraction of sp³-hybridized carbons (Fsp3) is 0.750. The first-order chi connectivity index (χ1) is 9.66. The molecule has 1 N–H and O–H groups in total. The average molecular weight is 297 g/mol. The van der Waals surface area contributed by atoms with E-state index in [1.165, 1.54) is 30.6 Å². The van der Waals surface area contributed by atoms with Crippen LogP contribution in [0.3, 0.4) is 0 Å². The first-order valence-electron chi connectivity index (χ1n) is 7.70. The Kier molecular flexibility index (Phi) is 6.49. The molecule has 0 bridgehead atoms. The maximum Gasteiger partial charge on any atom is 0.0900 e. The second kappa shape index (κ2) is 8.13. The molecule has 2 rings (SSSR count). The predicted octanol–water partition coefficient (Wildman–Crippen LogP) is 3.28. The van der Waals surface area contributed by atoms with E-state index in [4.69, 9.17) is 4.74 Å². The monoisotopic (exact) mass is 297 g/mol. The molecule has 1 aromatic rings. The molecule has 1 fully saturated rings. The van der Waals surface area contributed by atoms with Gasteiger partial charge in [-0.25, -0.2) is 0 Å². The molecule has 0 radical (unpaired) electrons. The highest BCUT2D eigenvalue weighted by atomic mass is 32.1. The van der Waals surface area contributed by atoms with E-state index >= 15 is 0 Å². The maximum absolute atomic E-state index is 10.2. The summed E-state index contributed by atoms with van der Waals surface area (Å²) in [7, 11) is 0. The van der Waals surface area contributed by atoms with Gasteiger partial charge >= 0.3 is 0 Å². The van der Waals surface area contributed by atoms with Crippen LogP contribution in [-0.2, 0) is 11.3 Å². The van der Waals surface area contributed by atoms with E-state index in [2.05, 4.69) is 30.2 Å². The summed E-state index contributed by atoms with van der Waals surface area (Å²) < 4.78 is 5.62. The quantitative estimate of drug-likeness (QED) is 0.799. The zero-order valence-electron chi connectivity index (χ0n) is 12.6. The molecule has 114 valence electrons. The average Bonchev–Trinajstić information content (AvgIpc) is 3.08. The first kappa shape index (κ1) is 16.0. The number of thiophene rings is 1. The molecule has 1 aliphatic rings. The minimum absolute atomic E-state index is 0.391. The Bertz CT molecular complexity index is 361. The summed E-state index contributed by atoms with van der Waals surface area (Å²) in [6, 6.07) is 5.24. The molecule has 1 aromatic heterocycles. The molecule has 1 atom stereocenters. The van der Waals surface area contributed by atoms with Gasteiger partial charge in [0.05, 0.1) is 19.3 Å². The molecule has 20 heavy (non-hydrogen) atoms. The molecule has 4 heteroatoms. The maximum atomic E-state index is 10.2. The van der Waals surface area contributed by atoms with E-state index in [1.807, 2.05) is 6.07 Å². The lowest BCUT2D eigenvalue weighted by Crippen LogP contribution is -2.44. The van der Waals surface area contributed by atoms with Gasteiger partial charge in [0.15, 0.2) is 0 Å². The minimum Gasteiger partial charge on any atom is -0.389 e. The van der Waals surface area contributed by atoms with Crippen LogP contribution in [0, 0.1) is 0 Å². The van der Waals surface area contributed by atoms with Crippen LogP contribution in [0.25, 0.3) is 0 Å². The first-order valence-corrected chi connectivity index (χ1v) is 8.58. The summed E-state index contributed by atoms with van der Waals surface area (Å²) in [5.41, 5.74) is 0. The third kappa shape index (κ3) is 4.85. The van der Waals surface area contributed by atoms with Crippen molar-refractivity contribution < 1.29 is 9.84 Å². The lowest BCUT2D eigenvalue weighted by molar-refractivity contribution is -0.00374. The van der Waals surface area contributed by atoms with Gasteiger partial charge in [0.1, 0.15) is 0 Å². The molecule has 3 nitrogen and oxygen atoms in total. The third-order valence-electron chi connectivity index (χ3n) is 4.01. The van der Waals surface area contributed by atoms with Crippen LogP contribution >= 0.6 is 11.3 Å². The standard InChI is InChI=1S/C16H27NO2S/c1-13(2)17(14-6-3-4-7-14)10-15(18)11-19-12-16-8-5-9-20-16/h5,8-9,13-15,18H,3-4,6-7,10-12H2,1-2H3. The van der Waals surface area contributed by atoms with Crippen molar-refractivity contribution >= 4 is 11.3 Å². The molecule has 0 spiro atoms. The van der Waals surface area contributed by atoms with Crippen molar-refractivity contribution in [3.05, 3.63) is 22.4 Å². The summed E-state index contributed by atoms with van der Waals surface area (Å²) in [5.74, 6) is 0. The molecular formula is C16H27NO2S. The van der Waals surface area contributed by atoms with Crippen LogP contribution in [0.1, 0.15) is 44.4 Å².